The van der Waals surface area contributed by atoms with E-state index in [2.05, 4.69) is 0 Å². The van der Waals surface area contributed by atoms with Crippen molar-refractivity contribution in [2.24, 2.45) is 0 Å². The van der Waals surface area contributed by atoms with Gasteiger partial charge < -0.3 is 29.2 Å². The summed E-state index contributed by atoms with van der Waals surface area (Å²) in [6.07, 6.45) is 6.63. The Morgan fingerprint density at radius 2 is 2.00 bits per heavy atom. The van der Waals surface area contributed by atoms with E-state index in [4.69, 9.17) is 18.9 Å². The lowest BCUT2D eigenvalue weighted by molar-refractivity contribution is -0.266. The number of allylic oxidation sites excluding steroid dienone is 2. The van der Waals surface area contributed by atoms with E-state index < -0.39 is 17.4 Å². The van der Waals surface area contributed by atoms with Crippen LogP contribution in [-0.4, -0.2) is 48.4 Å². The van der Waals surface area contributed by atoms with Gasteiger partial charge in [-0.15, -0.1) is 0 Å². The fourth-order valence-corrected chi connectivity index (χ4v) is 2.44. The largest absolute Gasteiger partial charge is 0.503 e. The Bertz CT molecular complexity index is 815. The van der Waals surface area contributed by atoms with Crippen molar-refractivity contribution in [2.45, 2.75) is 32.2 Å². The second-order valence-electron chi connectivity index (χ2n) is 6.91. The highest BCUT2D eigenvalue weighted by Crippen LogP contribution is 2.39. The van der Waals surface area contributed by atoms with Gasteiger partial charge >= 0.3 is 5.97 Å². The van der Waals surface area contributed by atoms with Crippen LogP contribution in [0.3, 0.4) is 0 Å². The summed E-state index contributed by atoms with van der Waals surface area (Å²) in [7, 11) is 2.76. The normalized spacial score (nSPS) is 20.2. The average Bonchev–Trinajstić information content (AvgIpc) is 2.64. The maximum atomic E-state index is 11.8. The van der Waals surface area contributed by atoms with Crippen molar-refractivity contribution in [1.29, 1.82) is 0 Å². The predicted octanol–water partition coefficient (Wildman–Crippen LogP) is 2.58. The molecule has 0 fully saturated rings. The number of carbonyl (C=O) groups is 1. The topological polar surface area (TPSA) is 94.5 Å². The molecule has 0 spiro atoms. The molecule has 0 saturated carbocycles. The number of hydrogen-bond acceptors (Lipinski definition) is 7. The SMILES string of the molecule is CO\C=C(C(=O)OC)/C(C)=C\C=C\c1ccc2c(c1)OC(O)(C(C)(C)O)CO2. The molecule has 152 valence electrons. The third-order valence-corrected chi connectivity index (χ3v) is 4.33. The summed E-state index contributed by atoms with van der Waals surface area (Å²) in [6, 6.07) is 5.24. The number of methoxy groups -OCH3 is 2. The molecule has 1 aliphatic rings. The molecule has 2 N–H and O–H groups in total. The quantitative estimate of drug-likeness (QED) is 0.334. The molecule has 1 aromatic rings. The monoisotopic (exact) mass is 390 g/mol. The maximum absolute atomic E-state index is 11.8. The summed E-state index contributed by atoms with van der Waals surface area (Å²) < 4.78 is 20.8. The van der Waals surface area contributed by atoms with Crippen molar-refractivity contribution in [2.75, 3.05) is 20.8 Å². The third-order valence-electron chi connectivity index (χ3n) is 4.33. The number of benzene rings is 1. The highest BCUT2D eigenvalue weighted by molar-refractivity contribution is 5.93. The van der Waals surface area contributed by atoms with Crippen molar-refractivity contribution >= 4 is 12.0 Å². The van der Waals surface area contributed by atoms with E-state index in [1.54, 1.807) is 37.3 Å². The van der Waals surface area contributed by atoms with Gasteiger partial charge in [-0.2, -0.15) is 0 Å². The van der Waals surface area contributed by atoms with Gasteiger partial charge in [-0.3, -0.25) is 0 Å². The van der Waals surface area contributed by atoms with Crippen molar-refractivity contribution < 1.29 is 34.0 Å². The zero-order valence-corrected chi connectivity index (χ0v) is 16.7. The average molecular weight is 390 g/mol. The summed E-state index contributed by atoms with van der Waals surface area (Å²) in [5.41, 5.74) is 0.252. The summed E-state index contributed by atoms with van der Waals surface area (Å²) in [5, 5.41) is 20.6. The van der Waals surface area contributed by atoms with Crippen LogP contribution in [0.2, 0.25) is 0 Å². The van der Waals surface area contributed by atoms with Crippen molar-refractivity contribution in [3.05, 3.63) is 53.3 Å². The van der Waals surface area contributed by atoms with Crippen LogP contribution in [-0.2, 0) is 14.3 Å². The second kappa shape index (κ2) is 8.50. The third kappa shape index (κ3) is 4.74. The molecule has 7 nitrogen and oxygen atoms in total. The number of rotatable bonds is 6. The number of hydrogen-bond donors (Lipinski definition) is 2. The van der Waals surface area contributed by atoms with E-state index in [-0.39, 0.29) is 6.61 Å². The Balaban J connectivity index is 2.21. The van der Waals surface area contributed by atoms with Crippen LogP contribution in [0, 0.1) is 0 Å². The summed E-state index contributed by atoms with van der Waals surface area (Å²) in [6.45, 7) is 4.48. The lowest BCUT2D eigenvalue weighted by atomic mass is 9.97. The molecule has 0 amide bonds. The Morgan fingerprint density at radius 3 is 2.61 bits per heavy atom. The molecule has 1 unspecified atom stereocenters. The summed E-state index contributed by atoms with van der Waals surface area (Å²) in [5.74, 6) is -1.53. The van der Waals surface area contributed by atoms with E-state index in [0.29, 0.717) is 22.6 Å². The van der Waals surface area contributed by atoms with Crippen LogP contribution in [0.15, 0.2) is 47.8 Å². The predicted molar refractivity (Wildman–Crippen MR) is 104 cm³/mol. The molecule has 1 heterocycles. The molecule has 7 heteroatoms. The number of esters is 1. The van der Waals surface area contributed by atoms with Crippen LogP contribution in [0.4, 0.5) is 0 Å². The molecule has 0 radical (unpaired) electrons. The van der Waals surface area contributed by atoms with E-state index in [1.165, 1.54) is 34.3 Å². The minimum atomic E-state index is -1.85. The summed E-state index contributed by atoms with van der Waals surface area (Å²) >= 11 is 0. The van der Waals surface area contributed by atoms with Crippen LogP contribution in [0.25, 0.3) is 6.08 Å². The van der Waals surface area contributed by atoms with Crippen LogP contribution in [0.1, 0.15) is 26.3 Å². The Kier molecular flexibility index (Phi) is 6.53. The van der Waals surface area contributed by atoms with Gasteiger partial charge in [-0.1, -0.05) is 24.3 Å². The molecule has 1 aromatic carbocycles. The molecular weight excluding hydrogens is 364 g/mol. The lowest BCUT2D eigenvalue weighted by Gasteiger charge is -2.41. The van der Waals surface area contributed by atoms with E-state index in [1.807, 2.05) is 6.07 Å². The van der Waals surface area contributed by atoms with Crippen molar-refractivity contribution in [3.63, 3.8) is 0 Å². The first kappa shape index (κ1) is 21.5. The first-order valence-corrected chi connectivity index (χ1v) is 8.68. The van der Waals surface area contributed by atoms with Gasteiger partial charge in [0.1, 0.15) is 5.60 Å². The second-order valence-corrected chi connectivity index (χ2v) is 6.91. The first-order chi connectivity index (χ1) is 13.1. The Hall–Kier alpha value is -2.77. The van der Waals surface area contributed by atoms with E-state index in [9.17, 15) is 15.0 Å². The summed E-state index contributed by atoms with van der Waals surface area (Å²) in [4.78, 5) is 11.8. The van der Waals surface area contributed by atoms with Crippen molar-refractivity contribution in [1.82, 2.24) is 0 Å². The van der Waals surface area contributed by atoms with Gasteiger partial charge in [-0.25, -0.2) is 4.79 Å². The molecule has 1 atom stereocenters. The van der Waals surface area contributed by atoms with Gasteiger partial charge in [0.15, 0.2) is 18.1 Å². The van der Waals surface area contributed by atoms with E-state index >= 15 is 0 Å². The van der Waals surface area contributed by atoms with Gasteiger partial charge in [-0.05, 0) is 44.0 Å². The zero-order valence-electron chi connectivity index (χ0n) is 16.7. The minimum Gasteiger partial charge on any atom is -0.503 e. The number of ether oxygens (including phenoxy) is 4. The molecule has 28 heavy (non-hydrogen) atoms. The van der Waals surface area contributed by atoms with Gasteiger partial charge in [0.05, 0.1) is 26.1 Å². The molecule has 0 aromatic heterocycles. The highest BCUT2D eigenvalue weighted by atomic mass is 16.7. The van der Waals surface area contributed by atoms with Crippen LogP contribution < -0.4 is 9.47 Å². The van der Waals surface area contributed by atoms with Gasteiger partial charge in [0.2, 0.25) is 0 Å². The fourth-order valence-electron chi connectivity index (χ4n) is 2.44. The van der Waals surface area contributed by atoms with Crippen LogP contribution in [0.5, 0.6) is 11.5 Å². The maximum Gasteiger partial charge on any atom is 0.341 e. The Labute approximate surface area is 164 Å². The number of carbonyl (C=O) groups excluding carboxylic acids is 1. The Morgan fingerprint density at radius 1 is 1.29 bits per heavy atom. The molecular formula is C21H26O7. The van der Waals surface area contributed by atoms with Crippen LogP contribution >= 0.6 is 0 Å². The van der Waals surface area contributed by atoms with Gasteiger partial charge in [0.25, 0.3) is 5.79 Å². The minimum absolute atomic E-state index is 0.178. The van der Waals surface area contributed by atoms with Gasteiger partial charge in [0, 0.05) is 0 Å². The molecule has 0 aliphatic carbocycles. The molecule has 0 saturated heterocycles. The molecule has 2 rings (SSSR count). The standard InChI is InChI=1S/C21H26O7/c1-14(16(12-25-4)19(22)26-5)7-6-8-15-9-10-17-18(11-15)28-21(24,13-27-17)20(2,3)23/h6-12,23-24H,13H2,1-5H3/b8-6+,14-7-,16-12+. The van der Waals surface area contributed by atoms with Crippen molar-refractivity contribution in [3.8, 4) is 11.5 Å². The number of aliphatic hydroxyl groups is 2. The first-order valence-electron chi connectivity index (χ1n) is 8.68. The smallest absolute Gasteiger partial charge is 0.341 e. The zero-order chi connectivity index (χ0) is 20.9. The molecule has 1 aliphatic heterocycles. The fraction of sp³-hybridized carbons (Fsp3) is 0.381. The number of fused-ring (bicyclic) bond motifs is 1. The molecule has 0 bridgehead atoms. The lowest BCUT2D eigenvalue weighted by Crippen LogP contribution is -2.59. The van der Waals surface area contributed by atoms with E-state index in [0.717, 1.165) is 5.56 Å². The highest BCUT2D eigenvalue weighted by Gasteiger charge is 2.48.